The highest BCUT2D eigenvalue weighted by molar-refractivity contribution is 6.37. The second-order valence-electron chi connectivity index (χ2n) is 5.12. The lowest BCUT2D eigenvalue weighted by Crippen LogP contribution is -2.24. The Bertz CT molecular complexity index is 942. The largest absolute Gasteiger partial charge is 0.497 e. The van der Waals surface area contributed by atoms with E-state index in [0.717, 1.165) is 11.3 Å². The minimum atomic E-state index is -0.429. The normalized spacial score (nSPS) is 10.9. The number of pyridine rings is 1. The van der Waals surface area contributed by atoms with Crippen LogP contribution in [0.1, 0.15) is 15.9 Å². The van der Waals surface area contributed by atoms with Gasteiger partial charge in [0, 0.05) is 13.2 Å². The molecule has 7 heteroatoms. The molecule has 3 aromatic rings. The van der Waals surface area contributed by atoms with Crippen LogP contribution in [0, 0.1) is 0 Å². The van der Waals surface area contributed by atoms with E-state index in [1.165, 1.54) is 4.57 Å². The molecule has 0 fully saturated rings. The molecule has 0 aliphatic carbocycles. The second kappa shape index (κ2) is 5.89. The minimum Gasteiger partial charge on any atom is -0.497 e. The summed E-state index contributed by atoms with van der Waals surface area (Å²) < 4.78 is 8.19. The number of halogens is 1. The lowest BCUT2D eigenvalue weighted by atomic mass is 10.2. The maximum atomic E-state index is 12.6. The van der Waals surface area contributed by atoms with Crippen molar-refractivity contribution >= 4 is 28.9 Å². The van der Waals surface area contributed by atoms with Crippen LogP contribution in [-0.2, 0) is 13.6 Å². The molecule has 0 aliphatic rings. The Hall–Kier alpha value is -2.60. The number of methoxy groups -OCH3 is 1. The van der Waals surface area contributed by atoms with Crippen LogP contribution in [0.3, 0.4) is 0 Å². The first-order valence-corrected chi connectivity index (χ1v) is 7.26. The summed E-state index contributed by atoms with van der Waals surface area (Å²) in [5.74, 6) is 0.734. The highest BCUT2D eigenvalue weighted by Crippen LogP contribution is 2.23. The van der Waals surface area contributed by atoms with Crippen molar-refractivity contribution in [1.29, 1.82) is 0 Å². The maximum Gasteiger partial charge on any atom is 0.263 e. The van der Waals surface area contributed by atoms with Gasteiger partial charge in [-0.3, -0.25) is 14.3 Å². The van der Waals surface area contributed by atoms with Crippen molar-refractivity contribution in [1.82, 2.24) is 14.3 Å². The van der Waals surface area contributed by atoms with Crippen LogP contribution in [0.4, 0.5) is 0 Å². The molecule has 3 rings (SSSR count). The number of ether oxygens (including phenoxy) is 1. The van der Waals surface area contributed by atoms with Gasteiger partial charge in [0.2, 0.25) is 0 Å². The van der Waals surface area contributed by atoms with Crippen molar-refractivity contribution in [3.05, 3.63) is 57.0 Å². The Morgan fingerprint density at radius 2 is 2.00 bits per heavy atom. The third-order valence-electron chi connectivity index (χ3n) is 3.64. The first kappa shape index (κ1) is 15.3. The fourth-order valence-electron chi connectivity index (χ4n) is 2.48. The van der Waals surface area contributed by atoms with E-state index in [-0.39, 0.29) is 10.6 Å². The van der Waals surface area contributed by atoms with E-state index in [1.807, 2.05) is 24.3 Å². The number of rotatable bonds is 4. The molecular formula is C16H14ClN3O3. The Morgan fingerprint density at radius 1 is 1.30 bits per heavy atom. The van der Waals surface area contributed by atoms with Gasteiger partial charge in [-0.2, -0.15) is 5.10 Å². The number of carbonyl (C=O) groups is 1. The van der Waals surface area contributed by atoms with E-state index < -0.39 is 5.56 Å². The fraction of sp³-hybridized carbons (Fsp3) is 0.188. The summed E-state index contributed by atoms with van der Waals surface area (Å²) in [4.78, 5) is 23.8. The van der Waals surface area contributed by atoms with Crippen LogP contribution in [0.5, 0.6) is 5.75 Å². The van der Waals surface area contributed by atoms with E-state index in [9.17, 15) is 9.59 Å². The molecule has 0 saturated heterocycles. The van der Waals surface area contributed by atoms with Gasteiger partial charge in [0.05, 0.1) is 24.2 Å². The lowest BCUT2D eigenvalue weighted by Gasteiger charge is -2.10. The summed E-state index contributed by atoms with van der Waals surface area (Å²) in [6.45, 7) is 0.309. The number of nitrogens with zero attached hydrogens (tertiary/aromatic N) is 3. The van der Waals surface area contributed by atoms with Gasteiger partial charge in [0.15, 0.2) is 6.29 Å². The molecule has 0 atom stereocenters. The fourth-order valence-corrected chi connectivity index (χ4v) is 2.74. The molecule has 23 heavy (non-hydrogen) atoms. The third-order valence-corrected chi connectivity index (χ3v) is 4.02. The third kappa shape index (κ3) is 2.61. The van der Waals surface area contributed by atoms with Crippen LogP contribution in [-0.4, -0.2) is 27.7 Å². The highest BCUT2D eigenvalue weighted by Gasteiger charge is 2.17. The van der Waals surface area contributed by atoms with Gasteiger partial charge >= 0.3 is 0 Å². The Morgan fingerprint density at radius 3 is 2.61 bits per heavy atom. The molecule has 1 aromatic carbocycles. The summed E-state index contributed by atoms with van der Waals surface area (Å²) in [7, 11) is 3.33. The first-order chi connectivity index (χ1) is 11.0. The van der Waals surface area contributed by atoms with Crippen LogP contribution in [0.2, 0.25) is 5.02 Å². The van der Waals surface area contributed by atoms with E-state index >= 15 is 0 Å². The van der Waals surface area contributed by atoms with Crippen molar-refractivity contribution in [3.8, 4) is 5.75 Å². The molecule has 2 heterocycles. The number of hydrogen-bond acceptors (Lipinski definition) is 4. The van der Waals surface area contributed by atoms with Crippen LogP contribution in [0.15, 0.2) is 35.3 Å². The van der Waals surface area contributed by atoms with Gasteiger partial charge in [-0.25, -0.2) is 0 Å². The molecular weight excluding hydrogens is 318 g/mol. The van der Waals surface area contributed by atoms with Gasteiger partial charge in [0.25, 0.3) is 5.56 Å². The zero-order valence-corrected chi connectivity index (χ0v) is 13.4. The summed E-state index contributed by atoms with van der Waals surface area (Å²) in [6.07, 6.45) is 2.18. The molecule has 0 bridgehead atoms. The summed E-state index contributed by atoms with van der Waals surface area (Å²) >= 11 is 6.14. The number of benzene rings is 1. The lowest BCUT2D eigenvalue weighted by molar-refractivity contribution is 0.112. The van der Waals surface area contributed by atoms with Crippen LogP contribution in [0.25, 0.3) is 11.0 Å². The SMILES string of the molecule is COc1ccc(Cn2c(=O)c(C=O)c(Cl)c3nn(C)cc32)cc1. The molecule has 0 unspecified atom stereocenters. The molecule has 0 aliphatic heterocycles. The molecule has 0 N–H and O–H groups in total. The topological polar surface area (TPSA) is 66.1 Å². The molecule has 2 aromatic heterocycles. The van der Waals surface area contributed by atoms with Gasteiger partial charge in [0.1, 0.15) is 16.8 Å². The first-order valence-electron chi connectivity index (χ1n) is 6.89. The zero-order chi connectivity index (χ0) is 16.6. The highest BCUT2D eigenvalue weighted by atomic mass is 35.5. The van der Waals surface area contributed by atoms with Crippen molar-refractivity contribution in [2.24, 2.45) is 7.05 Å². The van der Waals surface area contributed by atoms with E-state index in [2.05, 4.69) is 5.10 Å². The molecule has 6 nitrogen and oxygen atoms in total. The van der Waals surface area contributed by atoms with E-state index in [0.29, 0.717) is 23.9 Å². The molecule has 0 saturated carbocycles. The van der Waals surface area contributed by atoms with E-state index in [1.54, 1.807) is 25.0 Å². The zero-order valence-electron chi connectivity index (χ0n) is 12.6. The molecule has 0 radical (unpaired) electrons. The molecule has 118 valence electrons. The average molecular weight is 332 g/mol. The standard InChI is InChI=1S/C16H14ClN3O3/c1-19-8-13-15(18-19)14(17)12(9-21)16(22)20(13)7-10-3-5-11(23-2)6-4-10/h3-6,8-9H,7H2,1-2H3. The number of aryl methyl sites for hydroxylation is 1. The summed E-state index contributed by atoms with van der Waals surface area (Å²) in [6, 6.07) is 7.36. The minimum absolute atomic E-state index is 0.0774. The van der Waals surface area contributed by atoms with Crippen LogP contribution < -0.4 is 10.3 Å². The van der Waals surface area contributed by atoms with Crippen molar-refractivity contribution < 1.29 is 9.53 Å². The van der Waals surface area contributed by atoms with Gasteiger partial charge in [-0.05, 0) is 17.7 Å². The molecule has 0 spiro atoms. The van der Waals surface area contributed by atoms with E-state index in [4.69, 9.17) is 16.3 Å². The number of carbonyl (C=O) groups excluding carboxylic acids is 1. The van der Waals surface area contributed by atoms with Crippen molar-refractivity contribution in [2.75, 3.05) is 7.11 Å². The Labute approximate surface area is 136 Å². The number of hydrogen-bond donors (Lipinski definition) is 0. The Kier molecular flexibility index (Phi) is 3.92. The van der Waals surface area contributed by atoms with Gasteiger partial charge in [-0.15, -0.1) is 0 Å². The Balaban J connectivity index is 2.19. The second-order valence-corrected chi connectivity index (χ2v) is 5.50. The number of aldehydes is 1. The number of fused-ring (bicyclic) bond motifs is 1. The van der Waals surface area contributed by atoms with Crippen molar-refractivity contribution in [2.45, 2.75) is 6.54 Å². The summed E-state index contributed by atoms with van der Waals surface area (Å²) in [5, 5.41) is 4.33. The predicted octanol–water partition coefficient (Wildman–Crippen LogP) is 2.26. The monoisotopic (exact) mass is 331 g/mol. The van der Waals surface area contributed by atoms with Crippen molar-refractivity contribution in [3.63, 3.8) is 0 Å². The predicted molar refractivity (Wildman–Crippen MR) is 87.5 cm³/mol. The smallest absolute Gasteiger partial charge is 0.263 e. The maximum absolute atomic E-state index is 12.6. The van der Waals surface area contributed by atoms with Crippen LogP contribution >= 0.6 is 11.6 Å². The van der Waals surface area contributed by atoms with Gasteiger partial charge < -0.3 is 9.30 Å². The van der Waals surface area contributed by atoms with Gasteiger partial charge in [-0.1, -0.05) is 23.7 Å². The number of aromatic nitrogens is 3. The molecule has 0 amide bonds. The quantitative estimate of drug-likeness (QED) is 0.688. The average Bonchev–Trinajstić information content (AvgIpc) is 2.94. The summed E-state index contributed by atoms with van der Waals surface area (Å²) in [5.41, 5.74) is 1.42.